The summed E-state index contributed by atoms with van der Waals surface area (Å²) in [7, 11) is -3.67. The number of hydrogen-bond donors (Lipinski definition) is 1. The van der Waals surface area contributed by atoms with Crippen LogP contribution in [0.25, 0.3) is 0 Å². The fraction of sp³-hybridized carbons (Fsp3) is 0.409. The lowest BCUT2D eigenvalue weighted by Crippen LogP contribution is -2.46. The molecule has 1 aliphatic rings. The van der Waals surface area contributed by atoms with E-state index in [9.17, 15) is 13.2 Å². The molecule has 10 heteroatoms. The highest BCUT2D eigenvalue weighted by Gasteiger charge is 2.33. The summed E-state index contributed by atoms with van der Waals surface area (Å²) in [6.45, 7) is 2.99. The van der Waals surface area contributed by atoms with Gasteiger partial charge in [-0.05, 0) is 49.6 Å². The first-order valence-electron chi connectivity index (χ1n) is 10.2. The van der Waals surface area contributed by atoms with E-state index in [-0.39, 0.29) is 24.8 Å². The molecule has 2 aromatic rings. The first-order valence-corrected chi connectivity index (χ1v) is 13.0. The van der Waals surface area contributed by atoms with Gasteiger partial charge in [0.15, 0.2) is 0 Å². The number of ether oxygens (including phenoxy) is 1. The molecule has 0 radical (unpaired) electrons. The fourth-order valence-electron chi connectivity index (χ4n) is 3.50. The third-order valence-electron chi connectivity index (χ3n) is 5.35. The van der Waals surface area contributed by atoms with E-state index in [1.165, 1.54) is 4.31 Å². The first-order chi connectivity index (χ1) is 15.2. The van der Waals surface area contributed by atoms with Crippen LogP contribution in [0, 0.1) is 12.8 Å². The Morgan fingerprint density at radius 2 is 1.88 bits per heavy atom. The van der Waals surface area contributed by atoms with Crippen molar-refractivity contribution in [2.45, 2.75) is 25.5 Å². The molecular formula is C22H25Cl3N2O4S. The Labute approximate surface area is 203 Å². The molecule has 2 aromatic carbocycles. The van der Waals surface area contributed by atoms with E-state index in [1.54, 1.807) is 24.3 Å². The summed E-state index contributed by atoms with van der Waals surface area (Å²) in [6, 6.07) is 10.3. The minimum Gasteiger partial charge on any atom is -0.492 e. The molecule has 1 amide bonds. The number of halogens is 3. The number of sulfonamides is 1. The number of carbonyl (C=O) groups is 1. The number of nitrogens with zero attached hydrogens (tertiary/aromatic N) is 1. The van der Waals surface area contributed by atoms with Crippen molar-refractivity contribution in [3.05, 3.63) is 62.6 Å². The van der Waals surface area contributed by atoms with Crippen LogP contribution in [0.3, 0.4) is 0 Å². The third kappa shape index (κ3) is 6.51. The van der Waals surface area contributed by atoms with Crippen LogP contribution < -0.4 is 10.1 Å². The maximum atomic E-state index is 12.9. The van der Waals surface area contributed by atoms with Crippen LogP contribution in [0.2, 0.25) is 15.1 Å². The van der Waals surface area contributed by atoms with E-state index in [4.69, 9.17) is 39.5 Å². The van der Waals surface area contributed by atoms with E-state index >= 15 is 0 Å². The average molecular weight is 520 g/mol. The Bertz CT molecular complexity index is 1060. The zero-order chi connectivity index (χ0) is 23.3. The summed E-state index contributed by atoms with van der Waals surface area (Å²) < 4.78 is 32.9. The summed E-state index contributed by atoms with van der Waals surface area (Å²) in [6.07, 6.45) is 1.23. The number of carbonyl (C=O) groups excluding carboxylic acids is 1. The Morgan fingerprint density at radius 3 is 2.56 bits per heavy atom. The molecule has 0 bridgehead atoms. The summed E-state index contributed by atoms with van der Waals surface area (Å²) in [5.41, 5.74) is 1.33. The second-order valence-corrected chi connectivity index (χ2v) is 10.9. The standard InChI is InChI=1S/C22H25Cl3N2O4S/c1-15-7-8-17(12-21(15)25)31-11-9-26-22(28)16-4-3-10-27(13-16)32(29,30)14-18-19(23)5-2-6-20(18)24/h2,5-8,12,16H,3-4,9-11,13-14H2,1H3,(H,26,28). The van der Waals surface area contributed by atoms with Crippen LogP contribution in [0.5, 0.6) is 5.75 Å². The van der Waals surface area contributed by atoms with Gasteiger partial charge in [0.2, 0.25) is 15.9 Å². The van der Waals surface area contributed by atoms with Crippen molar-refractivity contribution >= 4 is 50.7 Å². The minimum absolute atomic E-state index is 0.130. The zero-order valence-corrected chi connectivity index (χ0v) is 20.7. The zero-order valence-electron chi connectivity index (χ0n) is 17.6. The summed E-state index contributed by atoms with van der Waals surface area (Å²) in [5.74, 6) is -0.282. The SMILES string of the molecule is Cc1ccc(OCCNC(=O)C2CCCN(S(=O)(=O)Cc3c(Cl)cccc3Cl)C2)cc1Cl. The van der Waals surface area contributed by atoms with Crippen molar-refractivity contribution in [3.63, 3.8) is 0 Å². The predicted molar refractivity (Wildman–Crippen MR) is 128 cm³/mol. The van der Waals surface area contributed by atoms with Gasteiger partial charge in [-0.1, -0.05) is 46.9 Å². The van der Waals surface area contributed by atoms with Gasteiger partial charge in [0.05, 0.1) is 18.2 Å². The highest BCUT2D eigenvalue weighted by molar-refractivity contribution is 7.88. The van der Waals surface area contributed by atoms with Crippen LogP contribution in [0.1, 0.15) is 24.0 Å². The molecule has 1 heterocycles. The van der Waals surface area contributed by atoms with Crippen LogP contribution >= 0.6 is 34.8 Å². The number of nitrogens with one attached hydrogen (secondary N) is 1. The van der Waals surface area contributed by atoms with Crippen LogP contribution in [-0.2, 0) is 20.6 Å². The van der Waals surface area contributed by atoms with Gasteiger partial charge in [0.1, 0.15) is 12.4 Å². The largest absolute Gasteiger partial charge is 0.492 e. The molecule has 1 unspecified atom stereocenters. The molecule has 0 aliphatic carbocycles. The first kappa shape index (κ1) is 25.1. The second kappa shape index (κ2) is 11.1. The average Bonchev–Trinajstić information content (AvgIpc) is 2.76. The van der Waals surface area contributed by atoms with Crippen molar-refractivity contribution in [2.24, 2.45) is 5.92 Å². The summed E-state index contributed by atoms with van der Waals surface area (Å²) in [5, 5.41) is 4.06. The molecule has 1 saturated heterocycles. The number of hydrogen-bond acceptors (Lipinski definition) is 4. The van der Waals surface area contributed by atoms with Crippen LogP contribution in [0.15, 0.2) is 36.4 Å². The van der Waals surface area contributed by atoms with Gasteiger partial charge in [0.25, 0.3) is 0 Å². The van der Waals surface area contributed by atoms with Crippen LogP contribution in [0.4, 0.5) is 0 Å². The summed E-state index contributed by atoms with van der Waals surface area (Å²) >= 11 is 18.3. The lowest BCUT2D eigenvalue weighted by atomic mass is 9.99. The predicted octanol–water partition coefficient (Wildman–Crippen LogP) is 4.69. The number of piperidine rings is 1. The minimum atomic E-state index is -3.67. The van der Waals surface area contributed by atoms with E-state index in [0.29, 0.717) is 52.3 Å². The van der Waals surface area contributed by atoms with Crippen molar-refractivity contribution in [2.75, 3.05) is 26.2 Å². The second-order valence-electron chi connectivity index (χ2n) is 7.70. The quantitative estimate of drug-likeness (QED) is 0.513. The monoisotopic (exact) mass is 518 g/mol. The number of amides is 1. The summed E-state index contributed by atoms with van der Waals surface area (Å²) in [4.78, 5) is 12.6. The maximum absolute atomic E-state index is 12.9. The van der Waals surface area contributed by atoms with Crippen molar-refractivity contribution < 1.29 is 17.9 Å². The molecule has 6 nitrogen and oxygen atoms in total. The molecule has 3 rings (SSSR count). The highest BCUT2D eigenvalue weighted by Crippen LogP contribution is 2.29. The molecule has 1 atom stereocenters. The Kier molecular flexibility index (Phi) is 8.69. The molecular weight excluding hydrogens is 495 g/mol. The Balaban J connectivity index is 1.52. The van der Waals surface area contributed by atoms with Gasteiger partial charge in [-0.25, -0.2) is 12.7 Å². The van der Waals surface area contributed by atoms with Gasteiger partial charge in [-0.15, -0.1) is 0 Å². The van der Waals surface area contributed by atoms with E-state index in [0.717, 1.165) is 5.56 Å². The fourth-order valence-corrected chi connectivity index (χ4v) is 6.04. The van der Waals surface area contributed by atoms with E-state index in [1.807, 2.05) is 19.1 Å². The molecule has 0 aromatic heterocycles. The molecule has 1 N–H and O–H groups in total. The van der Waals surface area contributed by atoms with Gasteiger partial charge in [0, 0.05) is 33.7 Å². The molecule has 174 valence electrons. The Hall–Kier alpha value is -1.51. The number of rotatable bonds is 8. The maximum Gasteiger partial charge on any atom is 0.224 e. The van der Waals surface area contributed by atoms with Crippen molar-refractivity contribution in [1.29, 1.82) is 0 Å². The molecule has 0 saturated carbocycles. The van der Waals surface area contributed by atoms with Crippen molar-refractivity contribution in [1.82, 2.24) is 9.62 Å². The number of aryl methyl sites for hydroxylation is 1. The number of benzene rings is 2. The molecule has 1 fully saturated rings. The normalized spacial score (nSPS) is 17.2. The highest BCUT2D eigenvalue weighted by atomic mass is 35.5. The van der Waals surface area contributed by atoms with Gasteiger partial charge in [-0.2, -0.15) is 0 Å². The van der Waals surface area contributed by atoms with E-state index in [2.05, 4.69) is 5.32 Å². The van der Waals surface area contributed by atoms with Gasteiger partial charge in [-0.3, -0.25) is 4.79 Å². The van der Waals surface area contributed by atoms with Gasteiger partial charge >= 0.3 is 0 Å². The molecule has 32 heavy (non-hydrogen) atoms. The lowest BCUT2D eigenvalue weighted by molar-refractivity contribution is -0.126. The topological polar surface area (TPSA) is 75.7 Å². The van der Waals surface area contributed by atoms with Crippen LogP contribution in [-0.4, -0.2) is 44.9 Å². The molecule has 1 aliphatic heterocycles. The third-order valence-corrected chi connectivity index (χ3v) is 8.24. The smallest absolute Gasteiger partial charge is 0.224 e. The van der Waals surface area contributed by atoms with Crippen molar-refractivity contribution in [3.8, 4) is 5.75 Å². The lowest BCUT2D eigenvalue weighted by Gasteiger charge is -2.31. The van der Waals surface area contributed by atoms with Gasteiger partial charge < -0.3 is 10.1 Å². The molecule has 0 spiro atoms. The Morgan fingerprint density at radius 1 is 1.16 bits per heavy atom. The van der Waals surface area contributed by atoms with E-state index < -0.39 is 15.9 Å².